The van der Waals surface area contributed by atoms with Gasteiger partial charge in [-0.3, -0.25) is 0 Å². The highest BCUT2D eigenvalue weighted by Gasteiger charge is 2.35. The lowest BCUT2D eigenvalue weighted by Crippen LogP contribution is -2.50. The minimum Gasteiger partial charge on any atom is -0.310 e. The Morgan fingerprint density at radius 1 is 1.36 bits per heavy atom. The van der Waals surface area contributed by atoms with Gasteiger partial charge in [-0.05, 0) is 44.1 Å². The summed E-state index contributed by atoms with van der Waals surface area (Å²) in [7, 11) is 0. The molecule has 1 N–H and O–H groups in total. The average Bonchev–Trinajstić information content (AvgIpc) is 2.98. The molecule has 14 heavy (non-hydrogen) atoms. The van der Waals surface area contributed by atoms with Gasteiger partial charge in [0.2, 0.25) is 0 Å². The zero-order valence-electron chi connectivity index (χ0n) is 9.19. The largest absolute Gasteiger partial charge is 0.310 e. The van der Waals surface area contributed by atoms with Crippen LogP contribution in [-0.4, -0.2) is 18.0 Å². The molecular weight excluding hydrogens is 194 g/mol. The molecule has 82 valence electrons. The fraction of sp³-hybridized carbons (Fsp3) is 1.00. The van der Waals surface area contributed by atoms with Crippen molar-refractivity contribution in [1.82, 2.24) is 5.32 Å². The van der Waals surface area contributed by atoms with Gasteiger partial charge in [-0.25, -0.2) is 0 Å². The predicted molar refractivity (Wildman–Crippen MR) is 61.8 cm³/mol. The van der Waals surface area contributed by atoms with Crippen molar-refractivity contribution in [2.75, 3.05) is 12.4 Å². The van der Waals surface area contributed by atoms with E-state index in [-0.39, 0.29) is 5.54 Å². The van der Waals surface area contributed by atoms with Crippen LogP contribution in [0.1, 0.15) is 45.4 Å². The smallest absolute Gasteiger partial charge is 0.0406 e. The van der Waals surface area contributed by atoms with Gasteiger partial charge in [0.05, 0.1) is 0 Å². The van der Waals surface area contributed by atoms with Crippen LogP contribution in [0.5, 0.6) is 0 Å². The third-order valence-corrected chi connectivity index (χ3v) is 4.32. The maximum absolute atomic E-state index is 6.14. The van der Waals surface area contributed by atoms with E-state index < -0.39 is 0 Å². The van der Waals surface area contributed by atoms with E-state index in [9.17, 15) is 0 Å². The Kier molecular flexibility index (Phi) is 3.38. The van der Waals surface area contributed by atoms with Gasteiger partial charge in [0.1, 0.15) is 0 Å². The third kappa shape index (κ3) is 2.64. The van der Waals surface area contributed by atoms with Crippen molar-refractivity contribution in [2.24, 2.45) is 11.8 Å². The van der Waals surface area contributed by atoms with E-state index in [1.807, 2.05) is 0 Å². The zero-order chi connectivity index (χ0) is 10.0. The predicted octanol–water partition coefficient (Wildman–Crippen LogP) is 3.17. The molecule has 0 spiro atoms. The first-order chi connectivity index (χ1) is 6.74. The van der Waals surface area contributed by atoms with Crippen molar-refractivity contribution in [2.45, 2.75) is 51.0 Å². The van der Waals surface area contributed by atoms with Gasteiger partial charge >= 0.3 is 0 Å². The molecular formula is C12H22ClN. The normalized spacial score (nSPS) is 38.6. The van der Waals surface area contributed by atoms with E-state index >= 15 is 0 Å². The van der Waals surface area contributed by atoms with Crippen LogP contribution in [0.4, 0.5) is 0 Å². The van der Waals surface area contributed by atoms with Gasteiger partial charge < -0.3 is 5.32 Å². The van der Waals surface area contributed by atoms with Crippen LogP contribution in [0.2, 0.25) is 0 Å². The molecule has 0 aromatic rings. The van der Waals surface area contributed by atoms with Crippen LogP contribution in [0, 0.1) is 11.8 Å². The summed E-state index contributed by atoms with van der Waals surface area (Å²) in [5.41, 5.74) is 0.280. The second-order valence-corrected chi connectivity index (χ2v) is 5.71. The van der Waals surface area contributed by atoms with E-state index in [0.717, 1.165) is 17.7 Å². The Morgan fingerprint density at radius 3 is 2.71 bits per heavy atom. The zero-order valence-corrected chi connectivity index (χ0v) is 9.95. The maximum atomic E-state index is 6.14. The quantitative estimate of drug-likeness (QED) is 0.711. The van der Waals surface area contributed by atoms with Gasteiger partial charge in [0.25, 0.3) is 0 Å². The molecule has 2 heteroatoms. The summed E-state index contributed by atoms with van der Waals surface area (Å²) in [5.74, 6) is 2.62. The second kappa shape index (κ2) is 4.40. The molecule has 0 aliphatic heterocycles. The first-order valence-corrected chi connectivity index (χ1v) is 6.58. The SMILES string of the molecule is CC1CCCC(CCl)(NCC2CC2)C1. The highest BCUT2D eigenvalue weighted by atomic mass is 35.5. The first kappa shape index (κ1) is 10.8. The Labute approximate surface area is 92.6 Å². The Hall–Kier alpha value is 0.250. The first-order valence-electron chi connectivity index (χ1n) is 6.05. The molecule has 1 nitrogen and oxygen atoms in total. The van der Waals surface area contributed by atoms with Crippen LogP contribution >= 0.6 is 11.6 Å². The van der Waals surface area contributed by atoms with Crippen LogP contribution in [-0.2, 0) is 0 Å². The maximum Gasteiger partial charge on any atom is 0.0406 e. The van der Waals surface area contributed by atoms with Crippen molar-refractivity contribution in [1.29, 1.82) is 0 Å². The van der Waals surface area contributed by atoms with E-state index in [2.05, 4.69) is 12.2 Å². The lowest BCUT2D eigenvalue weighted by Gasteiger charge is -2.39. The molecule has 0 bridgehead atoms. The molecule has 0 saturated heterocycles. The summed E-state index contributed by atoms with van der Waals surface area (Å²) in [6, 6.07) is 0. The summed E-state index contributed by atoms with van der Waals surface area (Å²) in [6.07, 6.45) is 8.17. The van der Waals surface area contributed by atoms with Gasteiger partial charge in [-0.15, -0.1) is 11.6 Å². The standard InChI is InChI=1S/C12H22ClN/c1-10-3-2-6-12(7-10,9-13)14-8-11-4-5-11/h10-11,14H,2-9H2,1H3. The molecule has 2 rings (SSSR count). The number of halogens is 1. The summed E-state index contributed by atoms with van der Waals surface area (Å²) < 4.78 is 0. The molecule has 0 aromatic carbocycles. The van der Waals surface area contributed by atoms with Gasteiger partial charge in [0.15, 0.2) is 0 Å². The Morgan fingerprint density at radius 2 is 2.14 bits per heavy atom. The van der Waals surface area contributed by atoms with Crippen LogP contribution in [0.25, 0.3) is 0 Å². The van der Waals surface area contributed by atoms with Crippen molar-refractivity contribution in [3.8, 4) is 0 Å². The molecule has 0 aromatic heterocycles. The van der Waals surface area contributed by atoms with Gasteiger partial charge in [-0.1, -0.05) is 19.8 Å². The monoisotopic (exact) mass is 215 g/mol. The van der Waals surface area contributed by atoms with Crippen molar-refractivity contribution >= 4 is 11.6 Å². The van der Waals surface area contributed by atoms with Crippen molar-refractivity contribution in [3.63, 3.8) is 0 Å². The number of alkyl halides is 1. The molecule has 2 aliphatic rings. The average molecular weight is 216 g/mol. The lowest BCUT2D eigenvalue weighted by atomic mass is 9.77. The lowest BCUT2D eigenvalue weighted by molar-refractivity contribution is 0.207. The van der Waals surface area contributed by atoms with Gasteiger partial charge in [0, 0.05) is 11.4 Å². The minimum absolute atomic E-state index is 0.280. The van der Waals surface area contributed by atoms with Crippen LogP contribution < -0.4 is 5.32 Å². The number of hydrogen-bond donors (Lipinski definition) is 1. The molecule has 2 aliphatic carbocycles. The summed E-state index contributed by atoms with van der Waals surface area (Å²) in [5, 5.41) is 3.75. The van der Waals surface area contributed by atoms with Crippen LogP contribution in [0.15, 0.2) is 0 Å². The summed E-state index contributed by atoms with van der Waals surface area (Å²) in [6.45, 7) is 3.57. The summed E-state index contributed by atoms with van der Waals surface area (Å²) in [4.78, 5) is 0. The number of nitrogens with one attached hydrogen (secondary N) is 1. The molecule has 2 unspecified atom stereocenters. The van der Waals surface area contributed by atoms with E-state index in [4.69, 9.17) is 11.6 Å². The highest BCUT2D eigenvalue weighted by molar-refractivity contribution is 6.18. The Bertz CT molecular complexity index is 191. The molecule has 0 amide bonds. The highest BCUT2D eigenvalue weighted by Crippen LogP contribution is 2.35. The third-order valence-electron chi connectivity index (χ3n) is 3.81. The number of rotatable bonds is 4. The van der Waals surface area contributed by atoms with Crippen LogP contribution in [0.3, 0.4) is 0 Å². The fourth-order valence-corrected chi connectivity index (χ4v) is 3.01. The van der Waals surface area contributed by atoms with E-state index in [1.54, 1.807) is 0 Å². The molecule has 2 saturated carbocycles. The molecule has 2 atom stereocenters. The van der Waals surface area contributed by atoms with E-state index in [1.165, 1.54) is 45.1 Å². The molecule has 0 radical (unpaired) electrons. The van der Waals surface area contributed by atoms with Crippen molar-refractivity contribution < 1.29 is 0 Å². The van der Waals surface area contributed by atoms with E-state index in [0.29, 0.717) is 0 Å². The summed E-state index contributed by atoms with van der Waals surface area (Å²) >= 11 is 6.14. The Balaban J connectivity index is 1.85. The number of hydrogen-bond acceptors (Lipinski definition) is 1. The topological polar surface area (TPSA) is 12.0 Å². The fourth-order valence-electron chi connectivity index (χ4n) is 2.67. The molecule has 2 fully saturated rings. The molecule has 0 heterocycles. The minimum atomic E-state index is 0.280. The second-order valence-electron chi connectivity index (χ2n) is 5.44. The van der Waals surface area contributed by atoms with Gasteiger partial charge in [-0.2, -0.15) is 0 Å². The van der Waals surface area contributed by atoms with Crippen molar-refractivity contribution in [3.05, 3.63) is 0 Å².